The van der Waals surface area contributed by atoms with Gasteiger partial charge in [-0.1, -0.05) is 0 Å². The van der Waals surface area contributed by atoms with Crippen molar-refractivity contribution >= 4 is 17.1 Å². The minimum absolute atomic E-state index is 0.424. The van der Waals surface area contributed by atoms with Crippen LogP contribution < -0.4 is 10.4 Å². The summed E-state index contributed by atoms with van der Waals surface area (Å²) in [5, 5.41) is 0.697. The number of hydrogen-bond acceptors (Lipinski definition) is 8. The molecule has 4 atom stereocenters. The molecule has 2 aliphatic rings. The first kappa shape index (κ1) is 16.9. The molecule has 8 nitrogen and oxygen atoms in total. The summed E-state index contributed by atoms with van der Waals surface area (Å²) in [7, 11) is 1.53. The molecule has 3 heterocycles. The number of fused-ring (bicyclic) bond motifs is 2. The molecule has 1 unspecified atom stereocenters. The van der Waals surface area contributed by atoms with Crippen LogP contribution in [0, 0.1) is 0 Å². The van der Waals surface area contributed by atoms with Crippen molar-refractivity contribution in [3.8, 4) is 5.75 Å². The van der Waals surface area contributed by atoms with Crippen molar-refractivity contribution in [3.63, 3.8) is 0 Å². The number of benzene rings is 1. The minimum Gasteiger partial charge on any atom is -0.461 e. The summed E-state index contributed by atoms with van der Waals surface area (Å²) in [6.07, 6.45) is -3.55. The number of carbonyl (C=O) groups is 1. The fraction of sp³-hybridized carbons (Fsp3) is 0.444. The monoisotopic (exact) mass is 362 g/mol. The predicted octanol–water partition coefficient (Wildman–Crippen LogP) is 2.23. The van der Waals surface area contributed by atoms with Gasteiger partial charge in [-0.15, -0.1) is 0 Å². The third-order valence-corrected chi connectivity index (χ3v) is 4.56. The molecule has 0 saturated carbocycles. The quantitative estimate of drug-likeness (QED) is 0.606. The lowest BCUT2D eigenvalue weighted by Gasteiger charge is -2.45. The number of methoxy groups -OCH3 is 1. The van der Waals surface area contributed by atoms with Gasteiger partial charge < -0.3 is 28.1 Å². The first-order valence-electron chi connectivity index (χ1n) is 8.16. The lowest BCUT2D eigenvalue weighted by molar-refractivity contribution is -0.282. The maximum atomic E-state index is 11.6. The molecule has 2 aromatic rings. The number of carbonyl (C=O) groups excluding carboxylic acids is 1. The lowest BCUT2D eigenvalue weighted by atomic mass is 9.89. The van der Waals surface area contributed by atoms with E-state index in [-0.39, 0.29) is 0 Å². The number of ether oxygens (including phenoxy) is 5. The van der Waals surface area contributed by atoms with Gasteiger partial charge in [0.1, 0.15) is 17.4 Å². The summed E-state index contributed by atoms with van der Waals surface area (Å²) in [4.78, 5) is 22.9. The van der Waals surface area contributed by atoms with E-state index in [1.807, 2.05) is 13.8 Å². The number of rotatable bonds is 3. The Hall–Kier alpha value is -2.58. The van der Waals surface area contributed by atoms with Crippen LogP contribution in [0.5, 0.6) is 5.75 Å². The molecule has 138 valence electrons. The lowest BCUT2D eigenvalue weighted by Crippen LogP contribution is -2.62. The van der Waals surface area contributed by atoms with Crippen LogP contribution in [-0.4, -0.2) is 43.5 Å². The smallest absolute Gasteiger partial charge is 0.461 e. The molecule has 8 heteroatoms. The highest BCUT2D eigenvalue weighted by molar-refractivity contribution is 5.77. The molecule has 26 heavy (non-hydrogen) atoms. The van der Waals surface area contributed by atoms with E-state index < -0.39 is 42.0 Å². The first-order chi connectivity index (χ1) is 12.4. The van der Waals surface area contributed by atoms with Gasteiger partial charge >= 0.3 is 11.8 Å². The summed E-state index contributed by atoms with van der Waals surface area (Å²) in [6.45, 7) is 3.66. The second kappa shape index (κ2) is 6.00. The van der Waals surface area contributed by atoms with Gasteiger partial charge in [0.05, 0.1) is 5.60 Å². The van der Waals surface area contributed by atoms with Gasteiger partial charge in [-0.3, -0.25) is 0 Å². The molecular weight excluding hydrogens is 344 g/mol. The fourth-order valence-electron chi connectivity index (χ4n) is 3.42. The molecule has 2 saturated heterocycles. The van der Waals surface area contributed by atoms with E-state index in [4.69, 9.17) is 28.1 Å². The topological polar surface area (TPSA) is 93.4 Å². The Morgan fingerprint density at radius 3 is 2.58 bits per heavy atom. The van der Waals surface area contributed by atoms with Crippen LogP contribution in [0.3, 0.4) is 0 Å². The maximum absolute atomic E-state index is 11.6. The summed E-state index contributed by atoms with van der Waals surface area (Å²) in [5.74, 6) is 0.477. The van der Waals surface area contributed by atoms with E-state index >= 15 is 0 Å². The van der Waals surface area contributed by atoms with E-state index in [0.717, 1.165) is 0 Å². The summed E-state index contributed by atoms with van der Waals surface area (Å²) in [5.41, 5.74) is -0.743. The van der Waals surface area contributed by atoms with Crippen molar-refractivity contribution in [1.82, 2.24) is 0 Å². The molecule has 0 radical (unpaired) electrons. The zero-order valence-corrected chi connectivity index (χ0v) is 14.5. The van der Waals surface area contributed by atoms with Crippen molar-refractivity contribution < 1.29 is 32.9 Å². The van der Waals surface area contributed by atoms with Crippen LogP contribution in [0.4, 0.5) is 4.79 Å². The zero-order chi connectivity index (χ0) is 18.5. The molecule has 1 aromatic carbocycles. The van der Waals surface area contributed by atoms with Gasteiger partial charge in [-0.2, -0.15) is 0 Å². The van der Waals surface area contributed by atoms with Gasteiger partial charge in [0.25, 0.3) is 0 Å². The van der Waals surface area contributed by atoms with E-state index in [1.165, 1.54) is 13.2 Å². The average molecular weight is 362 g/mol. The van der Waals surface area contributed by atoms with Gasteiger partial charge in [-0.05, 0) is 38.1 Å². The SMILES string of the molecule is CO[C@@H]1[C@H]2OC(=O)O[C@@H]2C(Oc2ccc3oc(=O)ccc3c2)OC1(C)C. The summed E-state index contributed by atoms with van der Waals surface area (Å²) < 4.78 is 33.0. The molecule has 1 aromatic heterocycles. The average Bonchev–Trinajstić information content (AvgIpc) is 2.96. The Morgan fingerprint density at radius 2 is 1.81 bits per heavy atom. The van der Waals surface area contributed by atoms with Gasteiger partial charge in [-0.25, -0.2) is 9.59 Å². The van der Waals surface area contributed by atoms with Crippen LogP contribution in [0.15, 0.2) is 39.5 Å². The largest absolute Gasteiger partial charge is 0.509 e. The molecule has 0 spiro atoms. The molecule has 2 aliphatic heterocycles. The van der Waals surface area contributed by atoms with Crippen molar-refractivity contribution in [2.24, 2.45) is 0 Å². The van der Waals surface area contributed by atoms with Crippen molar-refractivity contribution in [2.45, 2.75) is 44.1 Å². The molecule has 4 rings (SSSR count). The van der Waals surface area contributed by atoms with E-state index in [1.54, 1.807) is 24.3 Å². The molecule has 0 bridgehead atoms. The Balaban J connectivity index is 1.63. The van der Waals surface area contributed by atoms with Gasteiger partial charge in [0.15, 0.2) is 6.10 Å². The van der Waals surface area contributed by atoms with Crippen LogP contribution in [0.25, 0.3) is 11.0 Å². The van der Waals surface area contributed by atoms with Crippen LogP contribution in [0.2, 0.25) is 0 Å². The van der Waals surface area contributed by atoms with E-state index in [9.17, 15) is 9.59 Å². The van der Waals surface area contributed by atoms with Crippen molar-refractivity contribution in [1.29, 1.82) is 0 Å². The Kier molecular flexibility index (Phi) is 3.89. The molecule has 2 fully saturated rings. The third kappa shape index (κ3) is 2.81. The summed E-state index contributed by atoms with van der Waals surface area (Å²) in [6, 6.07) is 7.97. The molecule has 0 aliphatic carbocycles. The van der Waals surface area contributed by atoms with E-state index in [0.29, 0.717) is 16.7 Å². The first-order valence-corrected chi connectivity index (χ1v) is 8.16. The predicted molar refractivity (Wildman–Crippen MR) is 88.0 cm³/mol. The number of hydrogen-bond donors (Lipinski definition) is 0. The highest BCUT2D eigenvalue weighted by atomic mass is 16.8. The van der Waals surface area contributed by atoms with Crippen LogP contribution in [0.1, 0.15) is 13.8 Å². The molecule has 0 N–H and O–H groups in total. The maximum Gasteiger partial charge on any atom is 0.509 e. The summed E-state index contributed by atoms with van der Waals surface area (Å²) >= 11 is 0. The van der Waals surface area contributed by atoms with E-state index in [2.05, 4.69) is 0 Å². The van der Waals surface area contributed by atoms with Crippen LogP contribution >= 0.6 is 0 Å². The third-order valence-electron chi connectivity index (χ3n) is 4.56. The highest BCUT2D eigenvalue weighted by Gasteiger charge is 2.58. The van der Waals surface area contributed by atoms with Crippen molar-refractivity contribution in [2.75, 3.05) is 7.11 Å². The van der Waals surface area contributed by atoms with Crippen LogP contribution in [-0.2, 0) is 18.9 Å². The Morgan fingerprint density at radius 1 is 1.04 bits per heavy atom. The Labute approximate surface area is 148 Å². The molecular formula is C18H18O8. The fourth-order valence-corrected chi connectivity index (χ4v) is 3.42. The Bertz CT molecular complexity index is 901. The zero-order valence-electron chi connectivity index (χ0n) is 14.5. The van der Waals surface area contributed by atoms with Gasteiger partial charge in [0.2, 0.25) is 12.4 Å². The van der Waals surface area contributed by atoms with Crippen molar-refractivity contribution in [3.05, 3.63) is 40.8 Å². The second-order valence-electron chi connectivity index (χ2n) is 6.73. The second-order valence-corrected chi connectivity index (χ2v) is 6.73. The van der Waals surface area contributed by atoms with Gasteiger partial charge in [0, 0.05) is 18.6 Å². The standard InChI is InChI=1S/C18H18O8/c1-18(2)15(21-3)13-14(25-17(20)24-13)16(26-18)22-10-5-6-11-9(8-10)4-7-12(19)23-11/h4-8,13-16H,1-3H3/t13-,14-,15+,16?/m0/s1. The highest BCUT2D eigenvalue weighted by Crippen LogP contribution is 2.38. The minimum atomic E-state index is -0.874. The normalized spacial score (nSPS) is 29.7. The molecule has 0 amide bonds.